The van der Waals surface area contributed by atoms with Crippen LogP contribution in [0.2, 0.25) is 10.0 Å². The van der Waals surface area contributed by atoms with Crippen LogP contribution in [0, 0.1) is 0 Å². The third kappa shape index (κ3) is 3.98. The SMILES string of the molecule is O=C(NC1CCCCC1)c1c(O)n(-c2ccc(Cl)cc2)n(-c2ccc(Cl)cc2)c1=O. The number of aromatic nitrogens is 2. The van der Waals surface area contributed by atoms with Gasteiger partial charge < -0.3 is 10.4 Å². The normalized spacial score (nSPS) is 14.6. The number of aromatic hydroxyl groups is 1. The molecule has 1 aliphatic carbocycles. The lowest BCUT2D eigenvalue weighted by Gasteiger charge is -2.22. The smallest absolute Gasteiger partial charge is 0.288 e. The summed E-state index contributed by atoms with van der Waals surface area (Å²) < 4.78 is 2.56. The third-order valence-corrected chi connectivity index (χ3v) is 5.84. The van der Waals surface area contributed by atoms with Crippen LogP contribution in [0.15, 0.2) is 53.3 Å². The van der Waals surface area contributed by atoms with E-state index >= 15 is 0 Å². The summed E-state index contributed by atoms with van der Waals surface area (Å²) in [5, 5.41) is 14.9. The first-order chi connectivity index (χ1) is 14.5. The lowest BCUT2D eigenvalue weighted by molar-refractivity contribution is 0.0923. The van der Waals surface area contributed by atoms with Crippen LogP contribution in [0.5, 0.6) is 5.88 Å². The van der Waals surface area contributed by atoms with E-state index in [9.17, 15) is 14.7 Å². The van der Waals surface area contributed by atoms with Gasteiger partial charge in [0.05, 0.1) is 11.4 Å². The minimum absolute atomic E-state index is 0.00733. The molecule has 0 atom stereocenters. The van der Waals surface area contributed by atoms with Crippen LogP contribution in [0.25, 0.3) is 11.4 Å². The van der Waals surface area contributed by atoms with Crippen LogP contribution in [0.1, 0.15) is 42.5 Å². The molecular formula is C22H21Cl2N3O3. The van der Waals surface area contributed by atoms with E-state index in [0.29, 0.717) is 21.4 Å². The fourth-order valence-electron chi connectivity index (χ4n) is 3.83. The van der Waals surface area contributed by atoms with Crippen molar-refractivity contribution in [1.29, 1.82) is 0 Å². The standard InChI is InChI=1S/C22H21Cl2N3O3/c23-14-6-10-17(11-7-14)26-21(29)19(20(28)25-16-4-2-1-3-5-16)22(30)27(26)18-12-8-15(24)9-13-18/h6-13,16,29H,1-5H2,(H,25,28). The molecule has 0 spiro atoms. The maximum absolute atomic E-state index is 13.3. The molecule has 0 aliphatic heterocycles. The molecule has 2 aromatic carbocycles. The van der Waals surface area contributed by atoms with Gasteiger partial charge in [-0.25, -0.2) is 9.36 Å². The van der Waals surface area contributed by atoms with Crippen molar-refractivity contribution in [1.82, 2.24) is 14.7 Å². The first-order valence-electron chi connectivity index (χ1n) is 9.85. The molecule has 2 N–H and O–H groups in total. The molecule has 1 fully saturated rings. The summed E-state index contributed by atoms with van der Waals surface area (Å²) in [6.45, 7) is 0. The maximum Gasteiger partial charge on any atom is 0.288 e. The molecule has 0 unspecified atom stereocenters. The number of benzene rings is 2. The lowest BCUT2D eigenvalue weighted by Crippen LogP contribution is -2.38. The number of hydrogen-bond donors (Lipinski definition) is 2. The number of nitrogens with zero attached hydrogens (tertiary/aromatic N) is 2. The molecule has 1 saturated carbocycles. The van der Waals surface area contributed by atoms with E-state index in [-0.39, 0.29) is 11.6 Å². The number of halogens is 2. The molecule has 0 bridgehead atoms. The Morgan fingerprint density at radius 2 is 1.37 bits per heavy atom. The van der Waals surface area contributed by atoms with Crippen molar-refractivity contribution in [2.45, 2.75) is 38.1 Å². The second-order valence-corrected chi connectivity index (χ2v) is 8.26. The second-order valence-electron chi connectivity index (χ2n) is 7.39. The third-order valence-electron chi connectivity index (χ3n) is 5.34. The molecule has 1 heterocycles. The largest absolute Gasteiger partial charge is 0.493 e. The number of nitrogens with one attached hydrogen (secondary N) is 1. The van der Waals surface area contributed by atoms with Gasteiger partial charge in [0.2, 0.25) is 5.88 Å². The topological polar surface area (TPSA) is 76.3 Å². The number of carbonyl (C=O) groups is 1. The van der Waals surface area contributed by atoms with E-state index in [1.807, 2.05) is 0 Å². The monoisotopic (exact) mass is 445 g/mol. The van der Waals surface area contributed by atoms with E-state index in [1.165, 1.54) is 9.36 Å². The Kier molecular flexibility index (Phi) is 5.88. The zero-order valence-electron chi connectivity index (χ0n) is 16.1. The fraction of sp³-hybridized carbons (Fsp3) is 0.273. The molecule has 8 heteroatoms. The Morgan fingerprint density at radius 1 is 0.867 bits per heavy atom. The minimum atomic E-state index is -0.613. The average molecular weight is 446 g/mol. The minimum Gasteiger partial charge on any atom is -0.493 e. The predicted octanol–water partition coefficient (Wildman–Crippen LogP) is 4.70. The highest BCUT2D eigenvalue weighted by Gasteiger charge is 2.28. The van der Waals surface area contributed by atoms with Gasteiger partial charge in [-0.2, -0.15) is 0 Å². The molecule has 1 amide bonds. The van der Waals surface area contributed by atoms with Crippen molar-refractivity contribution in [2.75, 3.05) is 0 Å². The highest BCUT2D eigenvalue weighted by molar-refractivity contribution is 6.30. The first-order valence-corrected chi connectivity index (χ1v) is 10.6. The second kappa shape index (κ2) is 8.58. The van der Waals surface area contributed by atoms with Gasteiger partial charge in [0.25, 0.3) is 11.5 Å². The number of amides is 1. The van der Waals surface area contributed by atoms with Crippen LogP contribution < -0.4 is 10.9 Å². The molecule has 0 radical (unpaired) electrons. The summed E-state index contributed by atoms with van der Waals surface area (Å²) >= 11 is 12.0. The number of carbonyl (C=O) groups excluding carboxylic acids is 1. The van der Waals surface area contributed by atoms with Gasteiger partial charge >= 0.3 is 0 Å². The van der Waals surface area contributed by atoms with Crippen molar-refractivity contribution in [3.8, 4) is 17.3 Å². The van der Waals surface area contributed by atoms with Crippen molar-refractivity contribution >= 4 is 29.1 Å². The van der Waals surface area contributed by atoms with E-state index in [2.05, 4.69) is 5.32 Å². The van der Waals surface area contributed by atoms with Crippen molar-refractivity contribution in [3.63, 3.8) is 0 Å². The average Bonchev–Trinajstić information content (AvgIpc) is 3.00. The molecule has 4 rings (SSSR count). The van der Waals surface area contributed by atoms with Gasteiger partial charge in [-0.05, 0) is 61.4 Å². The zero-order valence-corrected chi connectivity index (χ0v) is 17.7. The van der Waals surface area contributed by atoms with Crippen molar-refractivity contribution < 1.29 is 9.90 Å². The van der Waals surface area contributed by atoms with Gasteiger partial charge in [-0.1, -0.05) is 42.5 Å². The number of hydrogen-bond acceptors (Lipinski definition) is 3. The van der Waals surface area contributed by atoms with Crippen molar-refractivity contribution in [3.05, 3.63) is 74.5 Å². The van der Waals surface area contributed by atoms with Crippen LogP contribution in [-0.2, 0) is 0 Å². The Morgan fingerprint density at radius 3 is 1.90 bits per heavy atom. The molecule has 1 aliphatic rings. The Hall–Kier alpha value is -2.70. The van der Waals surface area contributed by atoms with Crippen molar-refractivity contribution in [2.24, 2.45) is 0 Å². The van der Waals surface area contributed by atoms with E-state index in [1.54, 1.807) is 48.5 Å². The summed E-state index contributed by atoms with van der Waals surface area (Å²) in [6, 6.07) is 13.2. The predicted molar refractivity (Wildman–Crippen MR) is 117 cm³/mol. The van der Waals surface area contributed by atoms with Gasteiger partial charge in [-0.15, -0.1) is 0 Å². The molecule has 30 heavy (non-hydrogen) atoms. The quantitative estimate of drug-likeness (QED) is 0.610. The summed E-state index contributed by atoms with van der Waals surface area (Å²) in [6.07, 6.45) is 4.97. The molecule has 3 aromatic rings. The highest BCUT2D eigenvalue weighted by atomic mass is 35.5. The number of rotatable bonds is 4. The lowest BCUT2D eigenvalue weighted by atomic mass is 9.95. The summed E-state index contributed by atoms with van der Waals surface area (Å²) in [7, 11) is 0. The van der Waals surface area contributed by atoms with Crippen LogP contribution >= 0.6 is 23.2 Å². The maximum atomic E-state index is 13.3. The van der Waals surface area contributed by atoms with E-state index in [0.717, 1.165) is 32.1 Å². The highest BCUT2D eigenvalue weighted by Crippen LogP contribution is 2.26. The van der Waals surface area contributed by atoms with Crippen LogP contribution in [-0.4, -0.2) is 26.4 Å². The molecule has 0 saturated heterocycles. The van der Waals surface area contributed by atoms with Gasteiger partial charge in [-0.3, -0.25) is 9.59 Å². The molecular weight excluding hydrogens is 425 g/mol. The van der Waals surface area contributed by atoms with Crippen LogP contribution in [0.3, 0.4) is 0 Å². The van der Waals surface area contributed by atoms with Gasteiger partial charge in [0, 0.05) is 16.1 Å². The van der Waals surface area contributed by atoms with Crippen LogP contribution in [0.4, 0.5) is 0 Å². The Bertz CT molecular complexity index is 1110. The fourth-order valence-corrected chi connectivity index (χ4v) is 4.08. The summed E-state index contributed by atoms with van der Waals surface area (Å²) in [5.41, 5.74) is 0.0515. The van der Waals surface area contributed by atoms with Gasteiger partial charge in [0.1, 0.15) is 0 Å². The van der Waals surface area contributed by atoms with E-state index in [4.69, 9.17) is 23.2 Å². The summed E-state index contributed by atoms with van der Waals surface area (Å²) in [4.78, 5) is 26.2. The first kappa shape index (κ1) is 20.6. The van der Waals surface area contributed by atoms with Gasteiger partial charge in [0.15, 0.2) is 5.56 Å². The Labute approximate surface area is 183 Å². The zero-order chi connectivity index (χ0) is 21.3. The molecule has 156 valence electrons. The summed E-state index contributed by atoms with van der Waals surface area (Å²) in [5.74, 6) is -0.995. The van der Waals surface area contributed by atoms with E-state index < -0.39 is 17.3 Å². The molecule has 1 aromatic heterocycles. The molecule has 6 nitrogen and oxygen atoms in total. The Balaban J connectivity index is 1.84.